The molecule has 0 saturated heterocycles. The van der Waals surface area contributed by atoms with E-state index in [1.807, 2.05) is 0 Å². The molecular formula is C20H26Cl2NOSiTi. The van der Waals surface area contributed by atoms with Crippen molar-refractivity contribution < 1.29 is 47.0 Å². The van der Waals surface area contributed by atoms with Gasteiger partial charge in [-0.1, -0.05) is 0 Å². The molecule has 0 fully saturated rings. The smallest absolute Gasteiger partial charge is 1.00 e. The van der Waals surface area contributed by atoms with Gasteiger partial charge in [-0.25, -0.2) is 0 Å². The van der Waals surface area contributed by atoms with Gasteiger partial charge in [-0.05, 0) is 0 Å². The number of unbranched alkanes of at least 4 members (excludes halogenated alkanes) is 1. The summed E-state index contributed by atoms with van der Waals surface area (Å²) in [6, 6.07) is 17.6. The Morgan fingerprint density at radius 3 is 1.96 bits per heavy atom. The van der Waals surface area contributed by atoms with Gasteiger partial charge in [-0.2, -0.15) is 0 Å². The summed E-state index contributed by atoms with van der Waals surface area (Å²) in [4.78, 5) is 12.5. The van der Waals surface area contributed by atoms with Gasteiger partial charge in [-0.15, -0.1) is 0 Å². The third-order valence-corrected chi connectivity index (χ3v) is 16.7. The molecule has 3 rings (SSSR count). The Hall–Kier alpha value is -0.579. The number of halogens is 2. The molecule has 0 radical (unpaired) electrons. The first kappa shape index (κ1) is 23.5. The molecule has 26 heavy (non-hydrogen) atoms. The fraction of sp³-hybridized carbons (Fsp3) is 0.350. The third-order valence-electron chi connectivity index (χ3n) is 4.81. The second-order valence-corrected chi connectivity index (χ2v) is 19.9. The summed E-state index contributed by atoms with van der Waals surface area (Å²) in [5, 5.41) is 0. The standard InChI is InChI=1S/C13H9.C5H11NO.C2H7Si.2ClH.Ti/c1-3-7-12-10(5-1)9-11-6-2-4-8-13(11)12;1-2-3-4-5(6)7;1-3-2;;;/h1-9H;2-4H2,1H3,(H2,6,7);3H,1-2H3;2*1H;/q;;;;;+3/p-3. The molecule has 1 N–H and O–H groups in total. The maximum Gasteiger partial charge on any atom is -1.00 e. The van der Waals surface area contributed by atoms with E-state index in [0.29, 0.717) is 10.6 Å². The predicted molar refractivity (Wildman–Crippen MR) is 100 cm³/mol. The fourth-order valence-electron chi connectivity index (χ4n) is 3.60. The Morgan fingerprint density at radius 2 is 1.50 bits per heavy atom. The van der Waals surface area contributed by atoms with Gasteiger partial charge in [0.2, 0.25) is 0 Å². The molecule has 0 aromatic heterocycles. The van der Waals surface area contributed by atoms with Crippen LogP contribution in [0.25, 0.3) is 11.1 Å². The van der Waals surface area contributed by atoms with Gasteiger partial charge in [0.05, 0.1) is 0 Å². The second kappa shape index (κ2) is 10.7. The van der Waals surface area contributed by atoms with E-state index in [-0.39, 0.29) is 30.7 Å². The van der Waals surface area contributed by atoms with E-state index < -0.39 is 24.0 Å². The summed E-state index contributed by atoms with van der Waals surface area (Å²) in [6.07, 6.45) is 2.76. The second-order valence-electron chi connectivity index (χ2n) is 6.87. The first-order chi connectivity index (χ1) is 11.6. The van der Waals surface area contributed by atoms with Crippen molar-refractivity contribution >= 4 is 12.6 Å². The molecule has 1 amide bonds. The van der Waals surface area contributed by atoms with Crippen molar-refractivity contribution in [2.45, 2.75) is 43.5 Å². The van der Waals surface area contributed by atoms with E-state index in [2.05, 4.69) is 72.3 Å². The molecule has 0 unspecified atom stereocenters. The number of rotatable bonds is 6. The maximum absolute atomic E-state index is 12.5. The minimum atomic E-state index is -1.73. The molecule has 1 aliphatic carbocycles. The Morgan fingerprint density at radius 1 is 1.00 bits per heavy atom. The number of carbonyl (C=O) groups is 1. The molecule has 2 aromatic carbocycles. The first-order valence-electron chi connectivity index (χ1n) is 8.98. The van der Waals surface area contributed by atoms with Crippen molar-refractivity contribution in [1.29, 1.82) is 0 Å². The van der Waals surface area contributed by atoms with Gasteiger partial charge in [0.1, 0.15) is 0 Å². The van der Waals surface area contributed by atoms with Crippen molar-refractivity contribution in [2.75, 3.05) is 0 Å². The largest absolute Gasteiger partial charge is 1.00 e. The van der Waals surface area contributed by atoms with Crippen LogP contribution < -0.4 is 28.6 Å². The van der Waals surface area contributed by atoms with Gasteiger partial charge < -0.3 is 24.8 Å². The minimum absolute atomic E-state index is 0. The number of hydrogen-bond donors (Lipinski definition) is 1. The topological polar surface area (TPSA) is 29.1 Å². The number of fused-ring (bicyclic) bond motifs is 3. The SMILES string of the molecule is CCCCC(=O)[NH][Ti+2]([CH]1c2ccccc2-c2ccccc21)[SiH](C)C.[Cl-].[Cl-]. The first-order valence-corrected chi connectivity index (χ1v) is 16.3. The van der Waals surface area contributed by atoms with E-state index in [0.717, 1.165) is 12.8 Å². The summed E-state index contributed by atoms with van der Waals surface area (Å²) in [5.74, 6) is 0.287. The van der Waals surface area contributed by atoms with Crippen molar-refractivity contribution in [3.63, 3.8) is 0 Å². The van der Waals surface area contributed by atoms with Gasteiger partial charge in [-0.3, -0.25) is 0 Å². The molecular weight excluding hydrogens is 417 g/mol. The Kier molecular flexibility index (Phi) is 9.63. The van der Waals surface area contributed by atoms with Crippen LogP contribution in [0.1, 0.15) is 41.5 Å². The summed E-state index contributed by atoms with van der Waals surface area (Å²) >= 11 is -1.73. The predicted octanol–water partition coefficient (Wildman–Crippen LogP) is -1.41. The summed E-state index contributed by atoms with van der Waals surface area (Å²) in [6.45, 7) is 6.06. The van der Waals surface area contributed by atoms with Crippen LogP contribution in [0.2, 0.25) is 13.1 Å². The van der Waals surface area contributed by atoms with Gasteiger partial charge >= 0.3 is 153 Å². The molecule has 6 heteroatoms. The van der Waals surface area contributed by atoms with Crippen molar-refractivity contribution in [1.82, 2.24) is 3.80 Å². The zero-order valence-corrected chi connectivity index (χ0v) is 19.8. The molecule has 0 saturated carbocycles. The van der Waals surface area contributed by atoms with Crippen LogP contribution in [0, 0.1) is 0 Å². The van der Waals surface area contributed by atoms with E-state index >= 15 is 0 Å². The zero-order chi connectivity index (χ0) is 17.1. The molecule has 0 bridgehead atoms. The average molecular weight is 443 g/mol. The number of nitrogens with one attached hydrogen (secondary N) is 1. The average Bonchev–Trinajstić information content (AvgIpc) is 2.92. The van der Waals surface area contributed by atoms with E-state index in [1.165, 1.54) is 22.3 Å². The van der Waals surface area contributed by atoms with Crippen LogP contribution in [-0.2, 0) is 22.2 Å². The summed E-state index contributed by atoms with van der Waals surface area (Å²) in [5.41, 5.74) is 5.65. The Balaban J connectivity index is 0.00000169. The molecule has 139 valence electrons. The molecule has 0 spiro atoms. The molecule has 2 nitrogen and oxygen atoms in total. The van der Waals surface area contributed by atoms with Gasteiger partial charge in [0.15, 0.2) is 0 Å². The molecule has 0 heterocycles. The van der Waals surface area contributed by atoms with Gasteiger partial charge in [0.25, 0.3) is 0 Å². The number of carbonyl (C=O) groups excluding carboxylic acids is 1. The Labute approximate surface area is 176 Å². The number of hydrogen-bond acceptors (Lipinski definition) is 1. The fourth-order valence-corrected chi connectivity index (χ4v) is 13.9. The van der Waals surface area contributed by atoms with E-state index in [4.69, 9.17) is 0 Å². The van der Waals surface area contributed by atoms with Crippen molar-refractivity contribution in [2.24, 2.45) is 0 Å². The van der Waals surface area contributed by atoms with Crippen LogP contribution in [-0.4, -0.2) is 12.6 Å². The van der Waals surface area contributed by atoms with Crippen LogP contribution in [0.4, 0.5) is 0 Å². The maximum atomic E-state index is 12.5. The zero-order valence-electron chi connectivity index (χ0n) is 15.6. The van der Waals surface area contributed by atoms with Crippen molar-refractivity contribution in [3.05, 3.63) is 59.7 Å². The van der Waals surface area contributed by atoms with Gasteiger partial charge in [0, 0.05) is 0 Å². The quantitative estimate of drug-likeness (QED) is 0.547. The normalized spacial score (nSPS) is 11.8. The molecule has 1 aliphatic rings. The van der Waals surface area contributed by atoms with Crippen LogP contribution in [0.3, 0.4) is 0 Å². The minimum Gasteiger partial charge on any atom is -1.00 e. The molecule has 0 aliphatic heterocycles. The number of amides is 1. The summed E-state index contributed by atoms with van der Waals surface area (Å²) in [7, 11) is 0. The van der Waals surface area contributed by atoms with E-state index in [9.17, 15) is 4.79 Å². The number of benzene rings is 2. The van der Waals surface area contributed by atoms with Crippen molar-refractivity contribution in [3.8, 4) is 11.1 Å². The molecule has 2 aromatic rings. The van der Waals surface area contributed by atoms with Crippen LogP contribution >= 0.6 is 0 Å². The third kappa shape index (κ3) is 4.82. The summed E-state index contributed by atoms with van der Waals surface area (Å²) < 4.78 is 4.03. The van der Waals surface area contributed by atoms with E-state index in [1.54, 1.807) is 0 Å². The van der Waals surface area contributed by atoms with Crippen LogP contribution in [0.5, 0.6) is 0 Å². The Bertz CT molecular complexity index is 696. The molecule has 0 atom stereocenters. The monoisotopic (exact) mass is 442 g/mol. The van der Waals surface area contributed by atoms with Crippen LogP contribution in [0.15, 0.2) is 48.5 Å².